The number of nitrogens with one attached hydrogen (secondary N) is 2. The van der Waals surface area contributed by atoms with Crippen LogP contribution in [0.3, 0.4) is 0 Å². The predicted molar refractivity (Wildman–Crippen MR) is 91.5 cm³/mol. The number of ether oxygens (including phenoxy) is 2. The smallest absolute Gasteiger partial charge is 0.308 e. The fourth-order valence-electron chi connectivity index (χ4n) is 2.96. The van der Waals surface area contributed by atoms with Crippen molar-refractivity contribution >= 4 is 35.1 Å². The van der Waals surface area contributed by atoms with E-state index in [1.54, 1.807) is 4.90 Å². The molecule has 2 N–H and O–H groups in total. The van der Waals surface area contributed by atoms with Gasteiger partial charge in [-0.2, -0.15) is 0 Å². The minimum Gasteiger partial charge on any atom is -0.463 e. The van der Waals surface area contributed by atoms with Gasteiger partial charge in [-0.15, -0.1) is 0 Å². The Hall–Kier alpha value is -1.74. The summed E-state index contributed by atoms with van der Waals surface area (Å²) in [6, 6.07) is -0.766. The number of carbonyl (C=O) groups excluding carboxylic acids is 3. The highest BCUT2D eigenvalue weighted by Gasteiger charge is 2.36. The van der Waals surface area contributed by atoms with Crippen molar-refractivity contribution in [2.45, 2.75) is 44.2 Å². The van der Waals surface area contributed by atoms with Crippen LogP contribution in [0.4, 0.5) is 0 Å². The molecule has 0 spiro atoms. The minimum absolute atomic E-state index is 0.0198. The molecule has 2 heterocycles. The van der Waals surface area contributed by atoms with Crippen molar-refractivity contribution in [3.63, 3.8) is 0 Å². The summed E-state index contributed by atoms with van der Waals surface area (Å²) in [4.78, 5) is 37.8. The molecule has 1 aliphatic carbocycles. The lowest BCUT2D eigenvalue weighted by atomic mass is 10.1. The molecule has 3 rings (SSSR count). The van der Waals surface area contributed by atoms with Gasteiger partial charge in [0.15, 0.2) is 5.11 Å². The first-order chi connectivity index (χ1) is 12.0. The van der Waals surface area contributed by atoms with Gasteiger partial charge in [-0.05, 0) is 37.9 Å². The molecule has 2 saturated heterocycles. The molecular formula is C16H23N3O5S. The molecule has 1 saturated carbocycles. The highest BCUT2D eigenvalue weighted by atomic mass is 32.1. The van der Waals surface area contributed by atoms with E-state index in [0.29, 0.717) is 19.7 Å². The normalized spacial score (nSPS) is 26.1. The SMILES string of the molecule is O=C(C[C@@H]1C(=O)NCCN1C(=S)NC(=O)C1CC1)OC[C@@H]1CCCO1. The number of nitrogens with zero attached hydrogens (tertiary/aromatic N) is 1. The summed E-state index contributed by atoms with van der Waals surface area (Å²) in [6.07, 6.45) is 3.41. The molecule has 0 bridgehead atoms. The second-order valence-corrected chi connectivity index (χ2v) is 6.98. The first-order valence-electron chi connectivity index (χ1n) is 8.71. The third kappa shape index (κ3) is 4.88. The molecule has 3 fully saturated rings. The molecule has 9 heteroatoms. The Bertz CT molecular complexity index is 560. The average Bonchev–Trinajstić information content (AvgIpc) is 3.31. The molecule has 0 unspecified atom stereocenters. The Balaban J connectivity index is 1.53. The lowest BCUT2D eigenvalue weighted by molar-refractivity contribution is -0.150. The summed E-state index contributed by atoms with van der Waals surface area (Å²) in [7, 11) is 0. The van der Waals surface area contributed by atoms with Gasteiger partial charge in [0.05, 0.1) is 12.5 Å². The van der Waals surface area contributed by atoms with E-state index in [9.17, 15) is 14.4 Å². The average molecular weight is 369 g/mol. The summed E-state index contributed by atoms with van der Waals surface area (Å²) in [5, 5.41) is 5.60. The summed E-state index contributed by atoms with van der Waals surface area (Å²) in [6.45, 7) is 1.75. The van der Waals surface area contributed by atoms with Gasteiger partial charge in [0.1, 0.15) is 12.6 Å². The predicted octanol–water partition coefficient (Wildman–Crippen LogP) is -0.290. The lowest BCUT2D eigenvalue weighted by Crippen LogP contribution is -2.60. The summed E-state index contributed by atoms with van der Waals surface area (Å²) in [5.41, 5.74) is 0. The Morgan fingerprint density at radius 2 is 2.16 bits per heavy atom. The zero-order valence-electron chi connectivity index (χ0n) is 14.0. The van der Waals surface area contributed by atoms with Gasteiger partial charge >= 0.3 is 5.97 Å². The van der Waals surface area contributed by atoms with Gasteiger partial charge in [0.25, 0.3) is 0 Å². The molecule has 0 aromatic rings. The summed E-state index contributed by atoms with van der Waals surface area (Å²) >= 11 is 5.27. The molecular weight excluding hydrogens is 346 g/mol. The van der Waals surface area contributed by atoms with E-state index in [-0.39, 0.29) is 42.0 Å². The van der Waals surface area contributed by atoms with Crippen LogP contribution in [-0.4, -0.2) is 66.2 Å². The standard InChI is InChI=1S/C16H23N3O5S/c20-13(24-9-11-2-1-7-23-11)8-12-15(22)17-5-6-19(12)16(25)18-14(21)10-3-4-10/h10-12H,1-9H2,(H,17,22)(H,18,21,25)/t11-,12+/m0/s1. The van der Waals surface area contributed by atoms with Crippen molar-refractivity contribution in [2.24, 2.45) is 5.92 Å². The Kier molecular flexibility index (Phi) is 5.85. The summed E-state index contributed by atoms with van der Waals surface area (Å²) in [5.74, 6) is -0.857. The maximum absolute atomic E-state index is 12.2. The van der Waals surface area contributed by atoms with Crippen LogP contribution in [0.5, 0.6) is 0 Å². The third-order valence-electron chi connectivity index (χ3n) is 4.58. The molecule has 25 heavy (non-hydrogen) atoms. The van der Waals surface area contributed by atoms with Crippen LogP contribution in [0.2, 0.25) is 0 Å². The number of amides is 2. The van der Waals surface area contributed by atoms with Crippen molar-refractivity contribution < 1.29 is 23.9 Å². The van der Waals surface area contributed by atoms with Crippen molar-refractivity contribution in [2.75, 3.05) is 26.3 Å². The molecule has 0 radical (unpaired) electrons. The van der Waals surface area contributed by atoms with Crippen molar-refractivity contribution in [3.05, 3.63) is 0 Å². The fraction of sp³-hybridized carbons (Fsp3) is 0.750. The molecule has 0 aromatic heterocycles. The van der Waals surface area contributed by atoms with E-state index in [0.717, 1.165) is 25.7 Å². The Morgan fingerprint density at radius 1 is 1.36 bits per heavy atom. The number of rotatable bonds is 5. The molecule has 8 nitrogen and oxygen atoms in total. The number of esters is 1. The summed E-state index contributed by atoms with van der Waals surface area (Å²) < 4.78 is 10.6. The van der Waals surface area contributed by atoms with E-state index in [4.69, 9.17) is 21.7 Å². The second-order valence-electron chi connectivity index (χ2n) is 6.59. The monoisotopic (exact) mass is 369 g/mol. The maximum Gasteiger partial charge on any atom is 0.308 e. The lowest BCUT2D eigenvalue weighted by Gasteiger charge is -2.36. The quantitative estimate of drug-likeness (QED) is 0.508. The van der Waals surface area contributed by atoms with Crippen LogP contribution in [0, 0.1) is 5.92 Å². The molecule has 2 aliphatic heterocycles. The maximum atomic E-state index is 12.2. The molecule has 2 atom stereocenters. The number of carbonyl (C=O) groups is 3. The largest absolute Gasteiger partial charge is 0.463 e. The Morgan fingerprint density at radius 3 is 2.84 bits per heavy atom. The van der Waals surface area contributed by atoms with Gasteiger partial charge in [-0.25, -0.2) is 0 Å². The molecule has 2 amide bonds. The van der Waals surface area contributed by atoms with Crippen molar-refractivity contribution in [3.8, 4) is 0 Å². The fourth-order valence-corrected chi connectivity index (χ4v) is 3.28. The van der Waals surface area contributed by atoms with Gasteiger partial charge in [-0.1, -0.05) is 0 Å². The highest BCUT2D eigenvalue weighted by molar-refractivity contribution is 7.80. The number of piperazine rings is 1. The van der Waals surface area contributed by atoms with E-state index in [1.165, 1.54) is 0 Å². The Labute approximate surface area is 151 Å². The number of thiocarbonyl (C=S) groups is 1. The number of hydrogen-bond donors (Lipinski definition) is 2. The van der Waals surface area contributed by atoms with Gasteiger partial charge in [0, 0.05) is 25.6 Å². The first kappa shape index (κ1) is 18.1. The molecule has 3 aliphatic rings. The zero-order valence-corrected chi connectivity index (χ0v) is 14.8. The highest BCUT2D eigenvalue weighted by Crippen LogP contribution is 2.28. The van der Waals surface area contributed by atoms with Crippen molar-refractivity contribution in [1.29, 1.82) is 0 Å². The van der Waals surface area contributed by atoms with Crippen molar-refractivity contribution in [1.82, 2.24) is 15.5 Å². The van der Waals surface area contributed by atoms with E-state index in [2.05, 4.69) is 10.6 Å². The van der Waals surface area contributed by atoms with Crippen LogP contribution in [0.15, 0.2) is 0 Å². The first-order valence-corrected chi connectivity index (χ1v) is 9.12. The van der Waals surface area contributed by atoms with E-state index in [1.807, 2.05) is 0 Å². The molecule has 138 valence electrons. The van der Waals surface area contributed by atoms with E-state index < -0.39 is 12.0 Å². The van der Waals surface area contributed by atoms with Crippen LogP contribution in [0.25, 0.3) is 0 Å². The number of hydrogen-bond acceptors (Lipinski definition) is 6. The third-order valence-corrected chi connectivity index (χ3v) is 4.92. The van der Waals surface area contributed by atoms with Crippen LogP contribution < -0.4 is 10.6 Å². The van der Waals surface area contributed by atoms with Crippen LogP contribution in [0.1, 0.15) is 32.1 Å². The van der Waals surface area contributed by atoms with Gasteiger partial charge in [-0.3, -0.25) is 14.4 Å². The topological polar surface area (TPSA) is 97.0 Å². The zero-order chi connectivity index (χ0) is 17.8. The molecule has 0 aromatic carbocycles. The van der Waals surface area contributed by atoms with Gasteiger partial charge < -0.3 is 25.0 Å². The van der Waals surface area contributed by atoms with Gasteiger partial charge in [0.2, 0.25) is 11.8 Å². The minimum atomic E-state index is -0.766. The van der Waals surface area contributed by atoms with E-state index >= 15 is 0 Å². The second kappa shape index (κ2) is 8.09. The van der Waals surface area contributed by atoms with Crippen LogP contribution >= 0.6 is 12.2 Å². The van der Waals surface area contributed by atoms with Crippen LogP contribution in [-0.2, 0) is 23.9 Å².